The van der Waals surface area contributed by atoms with Crippen molar-refractivity contribution in [3.05, 3.63) is 212 Å². The summed E-state index contributed by atoms with van der Waals surface area (Å²) in [6.45, 7) is 0. The van der Waals surface area contributed by atoms with Gasteiger partial charge in [0.1, 0.15) is 0 Å². The molecule has 1 aromatic heterocycles. The zero-order valence-electron chi connectivity index (χ0n) is 31.5. The minimum atomic E-state index is 0.627. The summed E-state index contributed by atoms with van der Waals surface area (Å²) in [5, 5.41) is 9.39. The summed E-state index contributed by atoms with van der Waals surface area (Å²) in [4.78, 5) is 15.9. The SMILES string of the molecule is c1ccc(-c2ccc3cccc(-c4nc(-c5ccc6c(-c7cccc8ccccc78)cccc6c5)nc(-c5ccccc5-c5ccc6ccccc6c5)n4)c3c2)cc1. The Morgan fingerprint density at radius 1 is 0.207 bits per heavy atom. The molecular weight excluding hydrogens is 703 g/mol. The molecule has 0 bridgehead atoms. The second-order valence-electron chi connectivity index (χ2n) is 14.8. The molecule has 0 aliphatic carbocycles. The van der Waals surface area contributed by atoms with E-state index in [1.54, 1.807) is 0 Å². The first-order valence-electron chi connectivity index (χ1n) is 19.7. The molecule has 3 nitrogen and oxygen atoms in total. The lowest BCUT2D eigenvalue weighted by molar-refractivity contribution is 1.08. The van der Waals surface area contributed by atoms with E-state index in [1.165, 1.54) is 43.6 Å². The van der Waals surface area contributed by atoms with E-state index < -0.39 is 0 Å². The lowest BCUT2D eigenvalue weighted by Crippen LogP contribution is -2.01. The van der Waals surface area contributed by atoms with Gasteiger partial charge < -0.3 is 0 Å². The van der Waals surface area contributed by atoms with Crippen molar-refractivity contribution in [1.29, 1.82) is 0 Å². The van der Waals surface area contributed by atoms with Crippen molar-refractivity contribution >= 4 is 43.1 Å². The van der Waals surface area contributed by atoms with Crippen LogP contribution in [0.15, 0.2) is 212 Å². The van der Waals surface area contributed by atoms with Gasteiger partial charge in [0.25, 0.3) is 0 Å². The van der Waals surface area contributed by atoms with Crippen molar-refractivity contribution in [2.24, 2.45) is 0 Å². The standard InChI is InChI=1S/C55H35N3/c1-2-13-36(14-3-1)41-29-28-39-19-11-26-51(52(39)35-41)55-57-53(56-54(58-55)50-23-9-8-22-46(50)43-30-27-37-15-4-5-17-40(37)33-43)44-31-32-47-42(34-44)20-12-25-49(47)48-24-10-18-38-16-6-7-21-45(38)48/h1-35H. The maximum absolute atomic E-state index is 5.32. The van der Waals surface area contributed by atoms with Gasteiger partial charge in [0.15, 0.2) is 17.5 Å². The van der Waals surface area contributed by atoms with Crippen LogP contribution in [0.5, 0.6) is 0 Å². The third-order valence-corrected chi connectivity index (χ3v) is 11.3. The Bertz CT molecular complexity index is 3340. The molecule has 0 unspecified atom stereocenters. The maximum atomic E-state index is 5.32. The monoisotopic (exact) mass is 737 g/mol. The zero-order chi connectivity index (χ0) is 38.4. The molecule has 11 aromatic rings. The Balaban J connectivity index is 1.12. The first-order chi connectivity index (χ1) is 28.7. The highest BCUT2D eigenvalue weighted by molar-refractivity contribution is 6.06. The van der Waals surface area contributed by atoms with Crippen LogP contribution in [0.1, 0.15) is 0 Å². The Morgan fingerprint density at radius 2 is 0.707 bits per heavy atom. The average molecular weight is 738 g/mol. The van der Waals surface area contributed by atoms with E-state index in [0.717, 1.165) is 49.5 Å². The zero-order valence-corrected chi connectivity index (χ0v) is 31.5. The first kappa shape index (κ1) is 33.6. The summed E-state index contributed by atoms with van der Waals surface area (Å²) in [6, 6.07) is 75.4. The van der Waals surface area contributed by atoms with Crippen LogP contribution in [0.4, 0.5) is 0 Å². The molecule has 10 aromatic carbocycles. The van der Waals surface area contributed by atoms with Gasteiger partial charge in [0.2, 0.25) is 0 Å². The van der Waals surface area contributed by atoms with Crippen LogP contribution in [0.2, 0.25) is 0 Å². The largest absolute Gasteiger partial charge is 0.208 e. The van der Waals surface area contributed by atoms with Crippen molar-refractivity contribution in [3.63, 3.8) is 0 Å². The van der Waals surface area contributed by atoms with E-state index in [2.05, 4.69) is 212 Å². The predicted octanol–water partition coefficient (Wildman–Crippen LogP) is 14.5. The molecule has 0 saturated heterocycles. The van der Waals surface area contributed by atoms with Gasteiger partial charge in [-0.1, -0.05) is 194 Å². The number of aromatic nitrogens is 3. The number of nitrogens with zero attached hydrogens (tertiary/aromatic N) is 3. The number of hydrogen-bond acceptors (Lipinski definition) is 3. The minimum Gasteiger partial charge on any atom is -0.208 e. The van der Waals surface area contributed by atoms with Gasteiger partial charge in [-0.3, -0.25) is 0 Å². The molecular formula is C55H35N3. The second-order valence-corrected chi connectivity index (χ2v) is 14.8. The van der Waals surface area contributed by atoms with Crippen LogP contribution in [-0.4, -0.2) is 15.0 Å². The minimum absolute atomic E-state index is 0.627. The van der Waals surface area contributed by atoms with Crippen LogP contribution in [0.25, 0.3) is 111 Å². The van der Waals surface area contributed by atoms with Crippen molar-refractivity contribution in [3.8, 4) is 67.5 Å². The Labute approximate surface area is 336 Å². The van der Waals surface area contributed by atoms with Crippen molar-refractivity contribution in [1.82, 2.24) is 15.0 Å². The van der Waals surface area contributed by atoms with E-state index >= 15 is 0 Å². The lowest BCUT2D eigenvalue weighted by atomic mass is 9.93. The molecule has 0 aliphatic rings. The van der Waals surface area contributed by atoms with Crippen LogP contribution in [0, 0.1) is 0 Å². The second kappa shape index (κ2) is 14.1. The maximum Gasteiger partial charge on any atom is 0.164 e. The summed E-state index contributed by atoms with van der Waals surface area (Å²) >= 11 is 0. The molecule has 0 fully saturated rings. The molecule has 0 spiro atoms. The van der Waals surface area contributed by atoms with Crippen LogP contribution < -0.4 is 0 Å². The molecule has 0 aliphatic heterocycles. The normalized spacial score (nSPS) is 11.4. The van der Waals surface area contributed by atoms with E-state index in [9.17, 15) is 0 Å². The third-order valence-electron chi connectivity index (χ3n) is 11.3. The molecule has 0 atom stereocenters. The number of benzene rings is 10. The number of fused-ring (bicyclic) bond motifs is 4. The summed E-state index contributed by atoms with van der Waals surface area (Å²) in [5.74, 6) is 1.89. The van der Waals surface area contributed by atoms with Gasteiger partial charge in [-0.05, 0) is 94.7 Å². The van der Waals surface area contributed by atoms with Crippen LogP contribution in [-0.2, 0) is 0 Å². The fraction of sp³-hybridized carbons (Fsp3) is 0. The molecule has 11 rings (SSSR count). The predicted molar refractivity (Wildman–Crippen MR) is 242 cm³/mol. The van der Waals surface area contributed by atoms with Crippen molar-refractivity contribution in [2.45, 2.75) is 0 Å². The third kappa shape index (κ3) is 5.98. The Hall–Kier alpha value is -7.75. The van der Waals surface area contributed by atoms with E-state index in [-0.39, 0.29) is 0 Å². The van der Waals surface area contributed by atoms with Gasteiger partial charge in [-0.15, -0.1) is 0 Å². The quantitative estimate of drug-likeness (QED) is 0.171. The van der Waals surface area contributed by atoms with Crippen LogP contribution >= 0.6 is 0 Å². The summed E-state index contributed by atoms with van der Waals surface area (Å²) < 4.78 is 0. The summed E-state index contributed by atoms with van der Waals surface area (Å²) in [5.41, 5.74) is 9.76. The van der Waals surface area contributed by atoms with E-state index in [4.69, 9.17) is 15.0 Å². The van der Waals surface area contributed by atoms with Crippen LogP contribution in [0.3, 0.4) is 0 Å². The highest BCUT2D eigenvalue weighted by atomic mass is 15.0. The highest BCUT2D eigenvalue weighted by Gasteiger charge is 2.18. The summed E-state index contributed by atoms with van der Waals surface area (Å²) in [7, 11) is 0. The molecule has 270 valence electrons. The molecule has 0 amide bonds. The Morgan fingerprint density at radius 3 is 1.52 bits per heavy atom. The van der Waals surface area contributed by atoms with E-state index in [1.807, 2.05) is 0 Å². The van der Waals surface area contributed by atoms with Gasteiger partial charge in [0.05, 0.1) is 0 Å². The van der Waals surface area contributed by atoms with Gasteiger partial charge in [-0.2, -0.15) is 0 Å². The smallest absolute Gasteiger partial charge is 0.164 e. The van der Waals surface area contributed by atoms with Crippen molar-refractivity contribution < 1.29 is 0 Å². The fourth-order valence-electron chi connectivity index (χ4n) is 8.43. The lowest BCUT2D eigenvalue weighted by Gasteiger charge is -2.14. The fourth-order valence-corrected chi connectivity index (χ4v) is 8.43. The molecule has 0 saturated carbocycles. The molecule has 0 radical (unpaired) electrons. The Kier molecular flexibility index (Phi) is 8.15. The first-order valence-corrected chi connectivity index (χ1v) is 19.7. The number of hydrogen-bond donors (Lipinski definition) is 0. The molecule has 3 heteroatoms. The molecule has 0 N–H and O–H groups in total. The van der Waals surface area contributed by atoms with Gasteiger partial charge in [-0.25, -0.2) is 15.0 Å². The summed E-state index contributed by atoms with van der Waals surface area (Å²) in [6.07, 6.45) is 0. The molecule has 58 heavy (non-hydrogen) atoms. The van der Waals surface area contributed by atoms with Gasteiger partial charge in [0, 0.05) is 16.7 Å². The van der Waals surface area contributed by atoms with Crippen molar-refractivity contribution in [2.75, 3.05) is 0 Å². The average Bonchev–Trinajstić information content (AvgIpc) is 3.30. The topological polar surface area (TPSA) is 38.7 Å². The van der Waals surface area contributed by atoms with E-state index in [0.29, 0.717) is 17.5 Å². The highest BCUT2D eigenvalue weighted by Crippen LogP contribution is 2.38. The number of rotatable bonds is 6. The van der Waals surface area contributed by atoms with Gasteiger partial charge >= 0.3 is 0 Å². The molecule has 1 heterocycles.